The Kier molecular flexibility index (Phi) is 4.35. The van der Waals surface area contributed by atoms with Gasteiger partial charge in [0.25, 0.3) is 0 Å². The van der Waals surface area contributed by atoms with E-state index < -0.39 is 26.6 Å². The summed E-state index contributed by atoms with van der Waals surface area (Å²) < 4.78 is 54.9. The first-order valence-electron chi connectivity index (χ1n) is 5.99. The van der Waals surface area contributed by atoms with Crippen molar-refractivity contribution < 1.29 is 17.2 Å². The molecule has 1 aromatic heterocycles. The van der Waals surface area contributed by atoms with Gasteiger partial charge in [-0.2, -0.15) is 5.10 Å². The second-order valence-corrected chi connectivity index (χ2v) is 6.13. The minimum atomic E-state index is -4.20. The summed E-state index contributed by atoms with van der Waals surface area (Å²) in [5.41, 5.74) is 5.97. The highest BCUT2D eigenvalue weighted by molar-refractivity contribution is 7.89. The predicted octanol–water partition coefficient (Wildman–Crippen LogP) is 0.635. The maximum absolute atomic E-state index is 13.7. The largest absolute Gasteiger partial charge is 0.326 e. The van der Waals surface area contributed by atoms with Crippen LogP contribution in [0.4, 0.5) is 8.78 Å². The molecule has 3 N–H and O–H groups in total. The lowest BCUT2D eigenvalue weighted by molar-refractivity contribution is 0.481. The number of nitrogens with zero attached hydrogens (tertiary/aromatic N) is 2. The van der Waals surface area contributed by atoms with E-state index in [-0.39, 0.29) is 18.7 Å². The standard InChI is InChI=1S/C12H14F2N4O2S/c1-18-3-2-9(17-18)7-16-21(19,20)11-5-8(6-15)4-10(13)12(11)14/h2-5,16H,6-7,15H2,1H3. The molecular formula is C12H14F2N4O2S. The van der Waals surface area contributed by atoms with Crippen LogP contribution < -0.4 is 10.5 Å². The fourth-order valence-electron chi connectivity index (χ4n) is 1.73. The van der Waals surface area contributed by atoms with E-state index in [9.17, 15) is 17.2 Å². The van der Waals surface area contributed by atoms with Gasteiger partial charge < -0.3 is 5.73 Å². The van der Waals surface area contributed by atoms with Crippen molar-refractivity contribution in [3.05, 3.63) is 47.3 Å². The second kappa shape index (κ2) is 5.88. The zero-order valence-corrected chi connectivity index (χ0v) is 12.0. The van der Waals surface area contributed by atoms with Gasteiger partial charge in [0, 0.05) is 19.8 Å². The molecule has 6 nitrogen and oxygen atoms in total. The van der Waals surface area contributed by atoms with Crippen LogP contribution in [0.3, 0.4) is 0 Å². The van der Waals surface area contributed by atoms with Gasteiger partial charge in [-0.05, 0) is 23.8 Å². The quantitative estimate of drug-likeness (QED) is 0.847. The minimum absolute atomic E-state index is 0.0973. The molecule has 0 spiro atoms. The predicted molar refractivity (Wildman–Crippen MR) is 71.5 cm³/mol. The van der Waals surface area contributed by atoms with Crippen LogP contribution in [0.25, 0.3) is 0 Å². The van der Waals surface area contributed by atoms with Crippen LogP contribution in [-0.4, -0.2) is 18.2 Å². The fraction of sp³-hybridized carbons (Fsp3) is 0.250. The molecule has 0 atom stereocenters. The number of nitrogens with one attached hydrogen (secondary N) is 1. The lowest BCUT2D eigenvalue weighted by atomic mass is 10.2. The molecule has 0 saturated carbocycles. The van der Waals surface area contributed by atoms with E-state index in [1.165, 1.54) is 4.68 Å². The molecule has 0 bridgehead atoms. The molecule has 0 amide bonds. The van der Waals surface area contributed by atoms with E-state index in [0.717, 1.165) is 12.1 Å². The summed E-state index contributed by atoms with van der Waals surface area (Å²) in [7, 11) is -2.53. The van der Waals surface area contributed by atoms with E-state index in [2.05, 4.69) is 9.82 Å². The van der Waals surface area contributed by atoms with E-state index in [1.807, 2.05) is 0 Å². The number of aryl methyl sites for hydroxylation is 1. The molecule has 114 valence electrons. The second-order valence-electron chi connectivity index (χ2n) is 4.40. The average Bonchev–Trinajstić information content (AvgIpc) is 2.85. The van der Waals surface area contributed by atoms with E-state index in [0.29, 0.717) is 5.69 Å². The minimum Gasteiger partial charge on any atom is -0.326 e. The summed E-state index contributed by atoms with van der Waals surface area (Å²) in [5, 5.41) is 3.98. The Morgan fingerprint density at radius 1 is 1.38 bits per heavy atom. The smallest absolute Gasteiger partial charge is 0.243 e. The molecule has 0 aliphatic heterocycles. The first-order chi connectivity index (χ1) is 9.83. The molecule has 0 unspecified atom stereocenters. The van der Waals surface area contributed by atoms with Crippen LogP contribution in [0.5, 0.6) is 0 Å². The SMILES string of the molecule is Cn1ccc(CNS(=O)(=O)c2cc(CN)cc(F)c2F)n1. The Morgan fingerprint density at radius 2 is 2.10 bits per heavy atom. The lowest BCUT2D eigenvalue weighted by Gasteiger charge is -2.09. The van der Waals surface area contributed by atoms with Crippen LogP contribution in [0, 0.1) is 11.6 Å². The van der Waals surface area contributed by atoms with E-state index >= 15 is 0 Å². The van der Waals surface area contributed by atoms with Crippen LogP contribution in [0.2, 0.25) is 0 Å². The van der Waals surface area contributed by atoms with E-state index in [4.69, 9.17) is 5.73 Å². The molecule has 1 heterocycles. The molecule has 0 aliphatic carbocycles. The number of nitrogens with two attached hydrogens (primary N) is 1. The van der Waals surface area contributed by atoms with Crippen molar-refractivity contribution in [2.45, 2.75) is 18.0 Å². The summed E-state index contributed by atoms with van der Waals surface area (Å²) in [5.74, 6) is -2.68. The van der Waals surface area contributed by atoms with Crippen molar-refractivity contribution in [1.82, 2.24) is 14.5 Å². The van der Waals surface area contributed by atoms with Crippen molar-refractivity contribution in [1.29, 1.82) is 0 Å². The summed E-state index contributed by atoms with van der Waals surface area (Å²) in [4.78, 5) is -0.765. The van der Waals surface area contributed by atoms with Crippen LogP contribution >= 0.6 is 0 Å². The molecule has 2 aromatic rings. The summed E-state index contributed by atoms with van der Waals surface area (Å²) in [6, 6.07) is 3.49. The van der Waals surface area contributed by atoms with Gasteiger partial charge in [-0.25, -0.2) is 21.9 Å². The topological polar surface area (TPSA) is 90.0 Å². The highest BCUT2D eigenvalue weighted by atomic mass is 32.2. The number of rotatable bonds is 5. The Morgan fingerprint density at radius 3 is 2.67 bits per heavy atom. The third-order valence-electron chi connectivity index (χ3n) is 2.79. The Hall–Kier alpha value is -1.84. The molecule has 9 heteroatoms. The Bertz CT molecular complexity index is 759. The molecule has 21 heavy (non-hydrogen) atoms. The third kappa shape index (κ3) is 3.43. The lowest BCUT2D eigenvalue weighted by Crippen LogP contribution is -2.25. The van der Waals surface area contributed by atoms with Gasteiger partial charge in [-0.3, -0.25) is 4.68 Å². The van der Waals surface area contributed by atoms with Crippen molar-refractivity contribution in [2.24, 2.45) is 12.8 Å². The van der Waals surface area contributed by atoms with Crippen molar-refractivity contribution in [2.75, 3.05) is 0 Å². The highest BCUT2D eigenvalue weighted by Gasteiger charge is 2.22. The maximum atomic E-state index is 13.7. The highest BCUT2D eigenvalue weighted by Crippen LogP contribution is 2.19. The van der Waals surface area contributed by atoms with Crippen LogP contribution in [0.15, 0.2) is 29.3 Å². The number of halogens is 2. The molecule has 1 aromatic carbocycles. The van der Waals surface area contributed by atoms with Gasteiger partial charge in [0.2, 0.25) is 10.0 Å². The number of hydrogen-bond donors (Lipinski definition) is 2. The van der Waals surface area contributed by atoms with Gasteiger partial charge in [-0.1, -0.05) is 0 Å². The van der Waals surface area contributed by atoms with Crippen molar-refractivity contribution >= 4 is 10.0 Å². The number of aromatic nitrogens is 2. The summed E-state index contributed by atoms with van der Waals surface area (Å²) >= 11 is 0. The molecule has 0 saturated heterocycles. The van der Waals surface area contributed by atoms with Gasteiger partial charge in [0.1, 0.15) is 4.90 Å². The van der Waals surface area contributed by atoms with Gasteiger partial charge in [-0.15, -0.1) is 0 Å². The Balaban J connectivity index is 2.29. The zero-order chi connectivity index (χ0) is 15.6. The van der Waals surface area contributed by atoms with Crippen LogP contribution in [-0.2, 0) is 30.2 Å². The Labute approximate surface area is 120 Å². The van der Waals surface area contributed by atoms with E-state index in [1.54, 1.807) is 19.3 Å². The van der Waals surface area contributed by atoms with Crippen LogP contribution in [0.1, 0.15) is 11.3 Å². The molecule has 2 rings (SSSR count). The first kappa shape index (κ1) is 15.5. The van der Waals surface area contributed by atoms with Gasteiger partial charge in [0.05, 0.1) is 12.2 Å². The molecule has 0 radical (unpaired) electrons. The number of sulfonamides is 1. The summed E-state index contributed by atoms with van der Waals surface area (Å²) in [6.07, 6.45) is 1.64. The average molecular weight is 316 g/mol. The first-order valence-corrected chi connectivity index (χ1v) is 7.48. The fourth-order valence-corrected chi connectivity index (χ4v) is 2.87. The molecule has 0 fully saturated rings. The van der Waals surface area contributed by atoms with Gasteiger partial charge >= 0.3 is 0 Å². The maximum Gasteiger partial charge on any atom is 0.243 e. The monoisotopic (exact) mass is 316 g/mol. The third-order valence-corrected chi connectivity index (χ3v) is 4.19. The van der Waals surface area contributed by atoms with Crippen molar-refractivity contribution in [3.8, 4) is 0 Å². The van der Waals surface area contributed by atoms with Gasteiger partial charge in [0.15, 0.2) is 11.6 Å². The summed E-state index contributed by atoms with van der Waals surface area (Å²) in [6.45, 7) is -0.225. The number of benzene rings is 1. The van der Waals surface area contributed by atoms with Crippen molar-refractivity contribution in [3.63, 3.8) is 0 Å². The normalized spacial score (nSPS) is 11.8. The number of hydrogen-bond acceptors (Lipinski definition) is 4. The zero-order valence-electron chi connectivity index (χ0n) is 11.2. The molecular weight excluding hydrogens is 302 g/mol. The molecule has 0 aliphatic rings.